The largest absolute Gasteiger partial charge is 0.351 e. The molecule has 0 unspecified atom stereocenters. The second kappa shape index (κ2) is 4.43. The summed E-state index contributed by atoms with van der Waals surface area (Å²) in [5, 5.41) is 0. The fraction of sp³-hybridized carbons (Fsp3) is 0.188. The van der Waals surface area contributed by atoms with Crippen molar-refractivity contribution >= 4 is 17.4 Å². The van der Waals surface area contributed by atoms with E-state index in [2.05, 4.69) is 19.1 Å². The fourth-order valence-electron chi connectivity index (χ4n) is 2.82. The summed E-state index contributed by atoms with van der Waals surface area (Å²) in [6, 6.07) is 15.5. The molecule has 3 heteroatoms. The van der Waals surface area contributed by atoms with Crippen LogP contribution in [0, 0.1) is 0 Å². The predicted molar refractivity (Wildman–Crippen MR) is 76.7 cm³/mol. The molecule has 2 amide bonds. The maximum Gasteiger partial charge on any atom is 0.323 e. The molecule has 3 rings (SSSR count). The standard InChI is InChI=1S/C16H16N2O/c1-11-10-12-6-2-4-8-14(12)18(16(17)19)15-9-5-3-7-13(11)15/h2-9,11H,10H2,1H3,(H2,17,19)/t11-/m1/s1. The third-order valence-electron chi connectivity index (χ3n) is 3.69. The molecule has 0 fully saturated rings. The van der Waals surface area contributed by atoms with Gasteiger partial charge in [-0.2, -0.15) is 0 Å². The van der Waals surface area contributed by atoms with Gasteiger partial charge in [0.25, 0.3) is 0 Å². The van der Waals surface area contributed by atoms with Gasteiger partial charge in [0.1, 0.15) is 0 Å². The summed E-state index contributed by atoms with van der Waals surface area (Å²) in [6.07, 6.45) is 0.914. The normalized spacial score (nSPS) is 17.3. The van der Waals surface area contributed by atoms with Crippen LogP contribution in [0.15, 0.2) is 48.5 Å². The van der Waals surface area contributed by atoms with E-state index in [0.29, 0.717) is 5.92 Å². The first-order valence-corrected chi connectivity index (χ1v) is 6.45. The zero-order valence-electron chi connectivity index (χ0n) is 10.8. The average Bonchev–Trinajstić information content (AvgIpc) is 2.53. The molecule has 3 nitrogen and oxygen atoms in total. The van der Waals surface area contributed by atoms with Crippen molar-refractivity contribution in [2.24, 2.45) is 5.73 Å². The van der Waals surface area contributed by atoms with Gasteiger partial charge in [-0.3, -0.25) is 4.90 Å². The zero-order valence-corrected chi connectivity index (χ0v) is 10.8. The third-order valence-corrected chi connectivity index (χ3v) is 3.69. The van der Waals surface area contributed by atoms with Crippen LogP contribution in [0.25, 0.3) is 0 Å². The Morgan fingerprint density at radius 3 is 2.47 bits per heavy atom. The van der Waals surface area contributed by atoms with E-state index in [9.17, 15) is 4.79 Å². The van der Waals surface area contributed by atoms with Crippen LogP contribution in [0.5, 0.6) is 0 Å². The molecule has 0 aliphatic carbocycles. The summed E-state index contributed by atoms with van der Waals surface area (Å²) < 4.78 is 0. The van der Waals surface area contributed by atoms with E-state index in [1.165, 1.54) is 0 Å². The Morgan fingerprint density at radius 2 is 1.74 bits per heavy atom. The van der Waals surface area contributed by atoms with E-state index in [1.807, 2.05) is 36.4 Å². The number of benzene rings is 2. The first kappa shape index (κ1) is 11.8. The molecular weight excluding hydrogens is 236 g/mol. The minimum absolute atomic E-state index is 0.363. The van der Waals surface area contributed by atoms with Crippen LogP contribution in [0.3, 0.4) is 0 Å². The van der Waals surface area contributed by atoms with Crippen molar-refractivity contribution in [3.05, 3.63) is 59.7 Å². The van der Waals surface area contributed by atoms with Gasteiger partial charge in [0, 0.05) is 0 Å². The summed E-state index contributed by atoms with van der Waals surface area (Å²) in [5.74, 6) is 0.363. The maximum atomic E-state index is 11.9. The Bertz CT molecular complexity index is 636. The quantitative estimate of drug-likeness (QED) is 0.765. The number of primary amides is 1. The first-order valence-electron chi connectivity index (χ1n) is 6.45. The Balaban J connectivity index is 2.28. The Morgan fingerprint density at radius 1 is 1.11 bits per heavy atom. The van der Waals surface area contributed by atoms with Crippen molar-refractivity contribution in [3.8, 4) is 0 Å². The first-order chi connectivity index (χ1) is 9.18. The van der Waals surface area contributed by atoms with E-state index >= 15 is 0 Å². The molecule has 0 spiro atoms. The van der Waals surface area contributed by atoms with Gasteiger partial charge in [0.2, 0.25) is 0 Å². The van der Waals surface area contributed by atoms with E-state index < -0.39 is 6.03 Å². The molecule has 1 heterocycles. The lowest BCUT2D eigenvalue weighted by Gasteiger charge is -2.22. The third kappa shape index (κ3) is 1.87. The van der Waals surface area contributed by atoms with Crippen molar-refractivity contribution < 1.29 is 4.79 Å². The summed E-state index contributed by atoms with van der Waals surface area (Å²) in [7, 11) is 0. The summed E-state index contributed by atoms with van der Waals surface area (Å²) in [4.78, 5) is 13.5. The van der Waals surface area contributed by atoms with Crippen LogP contribution in [0.2, 0.25) is 0 Å². The van der Waals surface area contributed by atoms with Crippen LogP contribution in [0.4, 0.5) is 16.2 Å². The topological polar surface area (TPSA) is 46.3 Å². The Hall–Kier alpha value is -2.29. The van der Waals surface area contributed by atoms with Gasteiger partial charge in [0.15, 0.2) is 0 Å². The number of nitrogens with two attached hydrogens (primary N) is 1. The number of anilines is 2. The van der Waals surface area contributed by atoms with Crippen molar-refractivity contribution in [3.63, 3.8) is 0 Å². The Kier molecular flexibility index (Phi) is 2.75. The molecule has 0 radical (unpaired) electrons. The molecule has 0 saturated carbocycles. The SMILES string of the molecule is C[C@@H]1Cc2ccccc2N(C(N)=O)c2ccccc21. The number of hydrogen-bond donors (Lipinski definition) is 1. The molecule has 0 bridgehead atoms. The highest BCUT2D eigenvalue weighted by atomic mass is 16.2. The number of carbonyl (C=O) groups excluding carboxylic acids is 1. The molecule has 96 valence electrons. The molecule has 2 aromatic rings. The zero-order chi connectivity index (χ0) is 13.4. The molecule has 19 heavy (non-hydrogen) atoms. The van der Waals surface area contributed by atoms with Crippen molar-refractivity contribution in [1.82, 2.24) is 0 Å². The molecule has 2 aromatic carbocycles. The molecular formula is C16H16N2O. The molecule has 1 aliphatic rings. The predicted octanol–water partition coefficient (Wildman–Crippen LogP) is 3.56. The summed E-state index contributed by atoms with van der Waals surface area (Å²) in [5.41, 5.74) is 9.71. The highest BCUT2D eigenvalue weighted by Crippen LogP contribution is 2.40. The maximum absolute atomic E-state index is 11.9. The highest BCUT2D eigenvalue weighted by Gasteiger charge is 2.26. The molecule has 2 N–H and O–H groups in total. The van der Waals surface area contributed by atoms with Gasteiger partial charge in [-0.05, 0) is 35.6 Å². The molecule has 1 atom stereocenters. The van der Waals surface area contributed by atoms with Crippen LogP contribution in [0.1, 0.15) is 24.0 Å². The lowest BCUT2D eigenvalue weighted by molar-refractivity contribution is 0.256. The lowest BCUT2D eigenvalue weighted by Crippen LogP contribution is -2.32. The van der Waals surface area contributed by atoms with Gasteiger partial charge < -0.3 is 5.73 Å². The minimum Gasteiger partial charge on any atom is -0.351 e. The summed E-state index contributed by atoms with van der Waals surface area (Å²) in [6.45, 7) is 2.18. The van der Waals surface area contributed by atoms with Gasteiger partial charge in [-0.15, -0.1) is 0 Å². The number of rotatable bonds is 0. The number of hydrogen-bond acceptors (Lipinski definition) is 1. The molecule has 0 aromatic heterocycles. The second-order valence-electron chi connectivity index (χ2n) is 4.97. The molecule has 1 aliphatic heterocycles. The van der Waals surface area contributed by atoms with E-state index in [0.717, 1.165) is 28.9 Å². The second-order valence-corrected chi connectivity index (χ2v) is 4.97. The van der Waals surface area contributed by atoms with Gasteiger partial charge in [0.05, 0.1) is 11.4 Å². The number of nitrogens with zero attached hydrogens (tertiary/aromatic N) is 1. The average molecular weight is 252 g/mol. The van der Waals surface area contributed by atoms with Crippen LogP contribution in [-0.2, 0) is 6.42 Å². The number of fused-ring (bicyclic) bond motifs is 2. The fourth-order valence-corrected chi connectivity index (χ4v) is 2.82. The lowest BCUT2D eigenvalue weighted by atomic mass is 9.94. The van der Waals surface area contributed by atoms with Crippen molar-refractivity contribution in [1.29, 1.82) is 0 Å². The van der Waals surface area contributed by atoms with Gasteiger partial charge >= 0.3 is 6.03 Å². The number of urea groups is 1. The van der Waals surface area contributed by atoms with Gasteiger partial charge in [-0.1, -0.05) is 43.3 Å². The van der Waals surface area contributed by atoms with Crippen molar-refractivity contribution in [2.75, 3.05) is 4.90 Å². The number of carbonyl (C=O) groups is 1. The van der Waals surface area contributed by atoms with Crippen LogP contribution < -0.4 is 10.6 Å². The van der Waals surface area contributed by atoms with Crippen LogP contribution in [-0.4, -0.2) is 6.03 Å². The van der Waals surface area contributed by atoms with Gasteiger partial charge in [-0.25, -0.2) is 4.79 Å². The van der Waals surface area contributed by atoms with E-state index in [1.54, 1.807) is 4.90 Å². The number of amides is 2. The smallest absolute Gasteiger partial charge is 0.323 e. The highest BCUT2D eigenvalue weighted by molar-refractivity contribution is 6.00. The monoisotopic (exact) mass is 252 g/mol. The Labute approximate surface area is 112 Å². The molecule has 0 saturated heterocycles. The summed E-state index contributed by atoms with van der Waals surface area (Å²) >= 11 is 0. The minimum atomic E-state index is -0.436. The van der Waals surface area contributed by atoms with Crippen LogP contribution >= 0.6 is 0 Å². The van der Waals surface area contributed by atoms with E-state index in [-0.39, 0.29) is 0 Å². The number of para-hydroxylation sites is 2. The van der Waals surface area contributed by atoms with E-state index in [4.69, 9.17) is 5.73 Å². The van der Waals surface area contributed by atoms with Crippen molar-refractivity contribution in [2.45, 2.75) is 19.3 Å².